The van der Waals surface area contributed by atoms with Gasteiger partial charge in [0.2, 0.25) is 15.9 Å². The molecule has 156 valence electrons. The van der Waals surface area contributed by atoms with Gasteiger partial charge in [-0.15, -0.1) is 0 Å². The van der Waals surface area contributed by atoms with Gasteiger partial charge in [0.15, 0.2) is 0 Å². The zero-order chi connectivity index (χ0) is 21.7. The molecule has 0 fully saturated rings. The molecular formula is C22H20Cl2N2O3S. The molecule has 8 heteroatoms. The van der Waals surface area contributed by atoms with E-state index in [2.05, 4.69) is 0 Å². The molecule has 0 saturated heterocycles. The normalized spacial score (nSPS) is 12.6. The standard InChI is InChI=1S/C22H20Cl2N2O3S/c23-18-8-6-16(7-9-18)14-15-26(21(22(25)27)17-4-2-1-3-5-17)30(28,29)20-12-10-19(24)11-13-20/h1-13,21H,14-15H2,(H2,25,27)/t21-/m1/s1. The summed E-state index contributed by atoms with van der Waals surface area (Å²) < 4.78 is 28.1. The van der Waals surface area contributed by atoms with Crippen molar-refractivity contribution in [1.29, 1.82) is 0 Å². The van der Waals surface area contributed by atoms with Crippen molar-refractivity contribution in [2.45, 2.75) is 17.4 Å². The van der Waals surface area contributed by atoms with Gasteiger partial charge in [-0.1, -0.05) is 65.7 Å². The Morgan fingerprint density at radius 1 is 0.867 bits per heavy atom. The lowest BCUT2D eigenvalue weighted by Crippen LogP contribution is -2.42. The van der Waals surface area contributed by atoms with Crippen LogP contribution in [0, 0.1) is 0 Å². The van der Waals surface area contributed by atoms with E-state index in [-0.39, 0.29) is 11.4 Å². The minimum atomic E-state index is -4.04. The van der Waals surface area contributed by atoms with Crippen molar-refractivity contribution in [2.75, 3.05) is 6.54 Å². The molecule has 0 unspecified atom stereocenters. The average molecular weight is 463 g/mol. The molecule has 0 spiro atoms. The summed E-state index contributed by atoms with van der Waals surface area (Å²) in [5.41, 5.74) is 7.05. The number of hydrogen-bond donors (Lipinski definition) is 1. The van der Waals surface area contributed by atoms with Gasteiger partial charge in [-0.05, 0) is 53.9 Å². The van der Waals surface area contributed by atoms with Crippen LogP contribution >= 0.6 is 23.2 Å². The highest BCUT2D eigenvalue weighted by Gasteiger charge is 2.35. The number of benzene rings is 3. The lowest BCUT2D eigenvalue weighted by atomic mass is 10.1. The monoisotopic (exact) mass is 462 g/mol. The summed E-state index contributed by atoms with van der Waals surface area (Å²) in [6.07, 6.45) is 0.376. The predicted molar refractivity (Wildman–Crippen MR) is 119 cm³/mol. The Morgan fingerprint density at radius 3 is 1.93 bits per heavy atom. The molecule has 3 aromatic rings. The number of halogens is 2. The van der Waals surface area contributed by atoms with Gasteiger partial charge in [0.1, 0.15) is 6.04 Å². The lowest BCUT2D eigenvalue weighted by Gasteiger charge is -2.29. The molecule has 30 heavy (non-hydrogen) atoms. The molecular weight excluding hydrogens is 443 g/mol. The Bertz CT molecular complexity index is 1100. The molecule has 1 atom stereocenters. The molecule has 3 aromatic carbocycles. The molecule has 0 aromatic heterocycles. The molecule has 0 heterocycles. The summed E-state index contributed by atoms with van der Waals surface area (Å²) in [5, 5.41) is 1.000. The minimum absolute atomic E-state index is 0.0326. The van der Waals surface area contributed by atoms with Gasteiger partial charge in [-0.2, -0.15) is 4.31 Å². The van der Waals surface area contributed by atoms with E-state index in [0.717, 1.165) is 9.87 Å². The first-order valence-corrected chi connectivity index (χ1v) is 11.3. The van der Waals surface area contributed by atoms with Crippen molar-refractivity contribution in [1.82, 2.24) is 4.31 Å². The van der Waals surface area contributed by atoms with E-state index in [4.69, 9.17) is 28.9 Å². The molecule has 3 rings (SSSR count). The van der Waals surface area contributed by atoms with Crippen LogP contribution in [0.25, 0.3) is 0 Å². The molecule has 5 nitrogen and oxygen atoms in total. The zero-order valence-corrected chi connectivity index (χ0v) is 18.2. The Labute approximate surface area is 186 Å². The van der Waals surface area contributed by atoms with E-state index in [1.807, 2.05) is 12.1 Å². The number of hydrogen-bond acceptors (Lipinski definition) is 3. The van der Waals surface area contributed by atoms with Crippen LogP contribution in [0.2, 0.25) is 10.0 Å². The lowest BCUT2D eigenvalue weighted by molar-refractivity contribution is -0.121. The van der Waals surface area contributed by atoms with Gasteiger partial charge in [-0.25, -0.2) is 8.42 Å². The first-order chi connectivity index (χ1) is 14.3. The fourth-order valence-corrected chi connectivity index (χ4v) is 4.97. The third kappa shape index (κ3) is 5.21. The summed E-state index contributed by atoms with van der Waals surface area (Å²) in [5.74, 6) is -0.755. The summed E-state index contributed by atoms with van der Waals surface area (Å²) in [6, 6.07) is 20.4. The van der Waals surface area contributed by atoms with Crippen LogP contribution in [-0.4, -0.2) is 25.2 Å². The van der Waals surface area contributed by atoms with Gasteiger partial charge in [0.05, 0.1) is 4.90 Å². The van der Waals surface area contributed by atoms with Crippen molar-refractivity contribution in [3.63, 3.8) is 0 Å². The summed E-state index contributed by atoms with van der Waals surface area (Å²) in [4.78, 5) is 12.4. The Morgan fingerprint density at radius 2 is 1.40 bits per heavy atom. The largest absolute Gasteiger partial charge is 0.368 e. The quantitative estimate of drug-likeness (QED) is 0.536. The Hall–Kier alpha value is -2.38. The molecule has 0 aliphatic rings. The predicted octanol–water partition coefficient (Wildman–Crippen LogP) is 4.45. The van der Waals surface area contributed by atoms with E-state index in [1.54, 1.807) is 42.5 Å². The van der Waals surface area contributed by atoms with Crippen LogP contribution in [0.15, 0.2) is 83.8 Å². The average Bonchev–Trinajstić information content (AvgIpc) is 2.73. The second-order valence-corrected chi connectivity index (χ2v) is 9.43. The second kappa shape index (κ2) is 9.62. The summed E-state index contributed by atoms with van der Waals surface area (Å²) in [7, 11) is -4.04. The fraction of sp³-hybridized carbons (Fsp3) is 0.136. The SMILES string of the molecule is NC(=O)[C@@H](c1ccccc1)N(CCc1ccc(Cl)cc1)S(=O)(=O)c1ccc(Cl)cc1. The highest BCUT2D eigenvalue weighted by atomic mass is 35.5. The Kier molecular flexibility index (Phi) is 7.15. The maximum atomic E-state index is 13.5. The van der Waals surface area contributed by atoms with Crippen molar-refractivity contribution in [3.8, 4) is 0 Å². The number of rotatable bonds is 8. The van der Waals surface area contributed by atoms with Crippen LogP contribution in [0.1, 0.15) is 17.2 Å². The molecule has 0 radical (unpaired) electrons. The van der Waals surface area contributed by atoms with Gasteiger partial charge in [0.25, 0.3) is 0 Å². The molecule has 0 saturated carbocycles. The number of nitrogens with zero attached hydrogens (tertiary/aromatic N) is 1. The molecule has 0 aliphatic heterocycles. The van der Waals surface area contributed by atoms with E-state index in [1.165, 1.54) is 24.3 Å². The van der Waals surface area contributed by atoms with E-state index < -0.39 is 22.0 Å². The van der Waals surface area contributed by atoms with Crippen LogP contribution in [-0.2, 0) is 21.2 Å². The summed E-state index contributed by atoms with van der Waals surface area (Å²) >= 11 is 11.8. The van der Waals surface area contributed by atoms with Gasteiger partial charge in [0, 0.05) is 16.6 Å². The number of sulfonamides is 1. The number of nitrogens with two attached hydrogens (primary N) is 1. The van der Waals surface area contributed by atoms with Gasteiger partial charge < -0.3 is 5.73 Å². The molecule has 0 aliphatic carbocycles. The third-order valence-electron chi connectivity index (χ3n) is 4.63. The van der Waals surface area contributed by atoms with E-state index in [0.29, 0.717) is 22.0 Å². The number of amides is 1. The number of carbonyl (C=O) groups is 1. The topological polar surface area (TPSA) is 80.5 Å². The Balaban J connectivity index is 2.03. The van der Waals surface area contributed by atoms with Crippen LogP contribution in [0.5, 0.6) is 0 Å². The van der Waals surface area contributed by atoms with Crippen molar-refractivity contribution >= 4 is 39.1 Å². The van der Waals surface area contributed by atoms with Crippen LogP contribution in [0.4, 0.5) is 0 Å². The third-order valence-corrected chi connectivity index (χ3v) is 7.01. The first-order valence-electron chi connectivity index (χ1n) is 9.15. The maximum Gasteiger partial charge on any atom is 0.244 e. The highest BCUT2D eigenvalue weighted by Crippen LogP contribution is 2.29. The molecule has 0 bridgehead atoms. The van der Waals surface area contributed by atoms with Gasteiger partial charge in [-0.3, -0.25) is 4.79 Å². The molecule has 1 amide bonds. The zero-order valence-electron chi connectivity index (χ0n) is 15.9. The van der Waals surface area contributed by atoms with Crippen molar-refractivity contribution < 1.29 is 13.2 Å². The van der Waals surface area contributed by atoms with Crippen LogP contribution < -0.4 is 5.73 Å². The fourth-order valence-electron chi connectivity index (χ4n) is 3.13. The maximum absolute atomic E-state index is 13.5. The number of primary amides is 1. The van der Waals surface area contributed by atoms with Crippen molar-refractivity contribution in [3.05, 3.63) is 100 Å². The highest BCUT2D eigenvalue weighted by molar-refractivity contribution is 7.89. The van der Waals surface area contributed by atoms with Crippen LogP contribution in [0.3, 0.4) is 0 Å². The smallest absolute Gasteiger partial charge is 0.244 e. The first kappa shape index (κ1) is 22.3. The van der Waals surface area contributed by atoms with E-state index in [9.17, 15) is 13.2 Å². The van der Waals surface area contributed by atoms with E-state index >= 15 is 0 Å². The minimum Gasteiger partial charge on any atom is -0.368 e. The number of carbonyl (C=O) groups excluding carboxylic acids is 1. The van der Waals surface area contributed by atoms with Crippen molar-refractivity contribution in [2.24, 2.45) is 5.73 Å². The molecule has 2 N–H and O–H groups in total. The second-order valence-electron chi connectivity index (χ2n) is 6.66. The van der Waals surface area contributed by atoms with Gasteiger partial charge >= 0.3 is 0 Å². The summed E-state index contributed by atoms with van der Waals surface area (Å²) in [6.45, 7) is 0.0507.